The SMILES string of the molecule is O=C(c1cccc(Nc2ccccc2)c1)N1CCN(Cc2ccccn2)CC1. The van der Waals surface area contributed by atoms with E-state index in [2.05, 4.69) is 15.2 Å². The summed E-state index contributed by atoms with van der Waals surface area (Å²) in [7, 11) is 0. The summed E-state index contributed by atoms with van der Waals surface area (Å²) in [5, 5.41) is 3.35. The molecule has 0 radical (unpaired) electrons. The molecule has 1 fully saturated rings. The van der Waals surface area contributed by atoms with Gasteiger partial charge in [-0.15, -0.1) is 0 Å². The molecule has 3 aromatic rings. The van der Waals surface area contributed by atoms with Gasteiger partial charge >= 0.3 is 0 Å². The molecule has 1 amide bonds. The van der Waals surface area contributed by atoms with Crippen LogP contribution in [-0.2, 0) is 6.54 Å². The fourth-order valence-corrected chi connectivity index (χ4v) is 3.43. The molecule has 0 saturated carbocycles. The molecule has 1 aromatic heterocycles. The number of piperazine rings is 1. The number of benzene rings is 2. The average Bonchev–Trinajstić information content (AvgIpc) is 2.75. The molecular formula is C23H24N4O. The minimum atomic E-state index is 0.0918. The predicted octanol–water partition coefficient (Wildman–Crippen LogP) is 3.78. The summed E-state index contributed by atoms with van der Waals surface area (Å²) in [5.41, 5.74) is 3.72. The Morgan fingerprint density at radius 3 is 2.36 bits per heavy atom. The van der Waals surface area contributed by atoms with Gasteiger partial charge in [-0.05, 0) is 42.5 Å². The van der Waals surface area contributed by atoms with Crippen LogP contribution in [0.25, 0.3) is 0 Å². The van der Waals surface area contributed by atoms with Crippen molar-refractivity contribution in [1.29, 1.82) is 0 Å². The van der Waals surface area contributed by atoms with E-state index in [4.69, 9.17) is 0 Å². The zero-order chi connectivity index (χ0) is 19.2. The molecule has 1 aliphatic rings. The van der Waals surface area contributed by atoms with E-state index in [0.717, 1.165) is 55.4 Å². The van der Waals surface area contributed by atoms with Crippen LogP contribution >= 0.6 is 0 Å². The van der Waals surface area contributed by atoms with Gasteiger partial charge in [0.25, 0.3) is 5.91 Å². The summed E-state index contributed by atoms with van der Waals surface area (Å²) >= 11 is 0. The maximum absolute atomic E-state index is 12.9. The highest BCUT2D eigenvalue weighted by Crippen LogP contribution is 2.19. The van der Waals surface area contributed by atoms with E-state index in [9.17, 15) is 4.79 Å². The molecule has 0 unspecified atom stereocenters. The number of hydrogen-bond acceptors (Lipinski definition) is 4. The largest absolute Gasteiger partial charge is 0.356 e. The maximum atomic E-state index is 12.9. The van der Waals surface area contributed by atoms with Gasteiger partial charge in [-0.25, -0.2) is 0 Å². The van der Waals surface area contributed by atoms with Crippen molar-refractivity contribution in [2.45, 2.75) is 6.54 Å². The van der Waals surface area contributed by atoms with Crippen molar-refractivity contribution < 1.29 is 4.79 Å². The number of amides is 1. The summed E-state index contributed by atoms with van der Waals surface area (Å²) in [4.78, 5) is 21.6. The lowest BCUT2D eigenvalue weighted by molar-refractivity contribution is 0.0627. The molecule has 2 heterocycles. The van der Waals surface area contributed by atoms with Crippen molar-refractivity contribution in [3.63, 3.8) is 0 Å². The Kier molecular flexibility index (Phi) is 5.64. The summed E-state index contributed by atoms with van der Waals surface area (Å²) in [5.74, 6) is 0.0918. The van der Waals surface area contributed by atoms with E-state index in [0.29, 0.717) is 0 Å². The fraction of sp³-hybridized carbons (Fsp3) is 0.217. The quantitative estimate of drug-likeness (QED) is 0.740. The molecule has 2 aromatic carbocycles. The van der Waals surface area contributed by atoms with Crippen molar-refractivity contribution in [1.82, 2.24) is 14.8 Å². The van der Waals surface area contributed by atoms with Crippen molar-refractivity contribution >= 4 is 17.3 Å². The van der Waals surface area contributed by atoms with Gasteiger partial charge in [-0.3, -0.25) is 14.7 Å². The van der Waals surface area contributed by atoms with Crippen LogP contribution < -0.4 is 5.32 Å². The second-order valence-corrected chi connectivity index (χ2v) is 6.96. The second-order valence-electron chi connectivity index (χ2n) is 6.96. The van der Waals surface area contributed by atoms with Crippen LogP contribution in [0.5, 0.6) is 0 Å². The normalized spacial score (nSPS) is 14.6. The highest BCUT2D eigenvalue weighted by atomic mass is 16.2. The predicted molar refractivity (Wildman–Crippen MR) is 112 cm³/mol. The Morgan fingerprint density at radius 1 is 0.857 bits per heavy atom. The van der Waals surface area contributed by atoms with Crippen LogP contribution in [0.15, 0.2) is 79.0 Å². The Hall–Kier alpha value is -3.18. The molecule has 0 atom stereocenters. The first-order valence-electron chi connectivity index (χ1n) is 9.61. The standard InChI is InChI=1S/C23H24N4O/c28-23(19-7-6-11-21(17-19)25-20-8-2-1-3-9-20)27-15-13-26(14-16-27)18-22-10-4-5-12-24-22/h1-12,17,25H,13-16,18H2. The molecular weight excluding hydrogens is 348 g/mol. The summed E-state index contributed by atoms with van der Waals surface area (Å²) < 4.78 is 0. The molecule has 142 valence electrons. The molecule has 0 bridgehead atoms. The molecule has 1 N–H and O–H groups in total. The molecule has 4 rings (SSSR count). The number of pyridine rings is 1. The monoisotopic (exact) mass is 372 g/mol. The van der Waals surface area contributed by atoms with Gasteiger partial charge in [0.1, 0.15) is 0 Å². The topological polar surface area (TPSA) is 48.5 Å². The van der Waals surface area contributed by atoms with Gasteiger partial charge in [0, 0.05) is 55.9 Å². The number of nitrogens with one attached hydrogen (secondary N) is 1. The first-order valence-corrected chi connectivity index (χ1v) is 9.61. The highest BCUT2D eigenvalue weighted by Gasteiger charge is 2.22. The Bertz CT molecular complexity index is 906. The van der Waals surface area contributed by atoms with Crippen LogP contribution in [0.3, 0.4) is 0 Å². The lowest BCUT2D eigenvalue weighted by Gasteiger charge is -2.34. The average molecular weight is 372 g/mol. The first kappa shape index (κ1) is 18.2. The van der Waals surface area contributed by atoms with Gasteiger partial charge < -0.3 is 10.2 Å². The lowest BCUT2D eigenvalue weighted by atomic mass is 10.1. The van der Waals surface area contributed by atoms with Crippen LogP contribution in [-0.4, -0.2) is 46.9 Å². The second kappa shape index (κ2) is 8.67. The van der Waals surface area contributed by atoms with Gasteiger partial charge in [0.15, 0.2) is 0 Å². The number of rotatable bonds is 5. The van der Waals surface area contributed by atoms with E-state index in [1.54, 1.807) is 0 Å². The Labute approximate surface area is 165 Å². The minimum absolute atomic E-state index is 0.0918. The number of para-hydroxylation sites is 1. The van der Waals surface area contributed by atoms with Gasteiger partial charge in [-0.2, -0.15) is 0 Å². The Morgan fingerprint density at radius 2 is 1.61 bits per heavy atom. The van der Waals surface area contributed by atoms with Crippen LogP contribution in [0, 0.1) is 0 Å². The summed E-state index contributed by atoms with van der Waals surface area (Å²) in [6, 6.07) is 23.7. The summed E-state index contributed by atoms with van der Waals surface area (Å²) in [6.45, 7) is 4.04. The molecule has 28 heavy (non-hydrogen) atoms. The molecule has 0 aliphatic carbocycles. The van der Waals surface area contributed by atoms with E-state index >= 15 is 0 Å². The van der Waals surface area contributed by atoms with Crippen LogP contribution in [0.2, 0.25) is 0 Å². The number of hydrogen-bond donors (Lipinski definition) is 1. The molecule has 5 heteroatoms. The van der Waals surface area contributed by atoms with Crippen molar-refractivity contribution in [3.8, 4) is 0 Å². The number of anilines is 2. The number of carbonyl (C=O) groups excluding carboxylic acids is 1. The van der Waals surface area contributed by atoms with Gasteiger partial charge in [0.05, 0.1) is 5.69 Å². The van der Waals surface area contributed by atoms with Crippen LogP contribution in [0.1, 0.15) is 16.1 Å². The molecule has 1 saturated heterocycles. The maximum Gasteiger partial charge on any atom is 0.254 e. The number of carbonyl (C=O) groups is 1. The van der Waals surface area contributed by atoms with E-state index < -0.39 is 0 Å². The van der Waals surface area contributed by atoms with E-state index in [-0.39, 0.29) is 5.91 Å². The molecule has 5 nitrogen and oxygen atoms in total. The highest BCUT2D eigenvalue weighted by molar-refractivity contribution is 5.95. The minimum Gasteiger partial charge on any atom is -0.356 e. The third kappa shape index (κ3) is 4.56. The van der Waals surface area contributed by atoms with Crippen LogP contribution in [0.4, 0.5) is 11.4 Å². The summed E-state index contributed by atoms with van der Waals surface area (Å²) in [6.07, 6.45) is 1.82. The smallest absolute Gasteiger partial charge is 0.254 e. The van der Waals surface area contributed by atoms with E-state index in [1.807, 2.05) is 83.9 Å². The lowest BCUT2D eigenvalue weighted by Crippen LogP contribution is -2.48. The van der Waals surface area contributed by atoms with Gasteiger partial charge in [0.2, 0.25) is 0 Å². The Balaban J connectivity index is 1.35. The first-order chi connectivity index (χ1) is 13.8. The van der Waals surface area contributed by atoms with E-state index in [1.165, 1.54) is 0 Å². The number of nitrogens with zero attached hydrogens (tertiary/aromatic N) is 3. The molecule has 1 aliphatic heterocycles. The van der Waals surface area contributed by atoms with Crippen molar-refractivity contribution in [2.24, 2.45) is 0 Å². The van der Waals surface area contributed by atoms with Crippen molar-refractivity contribution in [3.05, 3.63) is 90.3 Å². The van der Waals surface area contributed by atoms with Crippen molar-refractivity contribution in [2.75, 3.05) is 31.5 Å². The zero-order valence-electron chi connectivity index (χ0n) is 15.8. The fourth-order valence-electron chi connectivity index (χ4n) is 3.43. The third-order valence-electron chi connectivity index (χ3n) is 4.94. The molecule has 0 spiro atoms. The third-order valence-corrected chi connectivity index (χ3v) is 4.94. The number of aromatic nitrogens is 1. The zero-order valence-corrected chi connectivity index (χ0v) is 15.8. The van der Waals surface area contributed by atoms with Gasteiger partial charge in [-0.1, -0.05) is 30.3 Å².